The Morgan fingerprint density at radius 3 is 2.17 bits per heavy atom. The smallest absolute Gasteiger partial charge is 0.100 e. The Morgan fingerprint density at radius 1 is 0.875 bits per heavy atom. The number of unbranched alkanes of at least 4 members (excludes halogenated alkanes) is 7. The first-order valence-corrected chi connectivity index (χ1v) is 10.2. The molecule has 1 aliphatic rings. The quantitative estimate of drug-likeness (QED) is 0.383. The maximum atomic E-state index is 13.2. The molecule has 1 aromatic carbocycles. The lowest BCUT2D eigenvalue weighted by Crippen LogP contribution is -2.13. The summed E-state index contributed by atoms with van der Waals surface area (Å²) in [5, 5.41) is 0. The minimum atomic E-state index is -0.560. The van der Waals surface area contributed by atoms with Crippen molar-refractivity contribution in [2.75, 3.05) is 0 Å². The first-order valence-electron chi connectivity index (χ1n) is 10.2. The Balaban J connectivity index is 1.62. The van der Waals surface area contributed by atoms with Gasteiger partial charge in [0.1, 0.15) is 6.17 Å². The third-order valence-corrected chi connectivity index (χ3v) is 5.35. The molecule has 1 fully saturated rings. The van der Waals surface area contributed by atoms with E-state index in [0.717, 1.165) is 25.7 Å². The summed E-state index contributed by atoms with van der Waals surface area (Å²) in [7, 11) is 0. The van der Waals surface area contributed by atoms with Crippen LogP contribution < -0.4 is 0 Å². The molecular formula is C23H35F. The summed E-state index contributed by atoms with van der Waals surface area (Å²) in [6, 6.07) is 8.93. The Labute approximate surface area is 148 Å². The molecule has 0 spiro atoms. The average molecular weight is 331 g/mol. The van der Waals surface area contributed by atoms with E-state index in [-0.39, 0.29) is 0 Å². The van der Waals surface area contributed by atoms with E-state index in [4.69, 9.17) is 0 Å². The fourth-order valence-corrected chi connectivity index (χ4v) is 3.70. The summed E-state index contributed by atoms with van der Waals surface area (Å²) in [5.74, 6) is 0.572. The highest BCUT2D eigenvalue weighted by Gasteiger charge is 2.21. The van der Waals surface area contributed by atoms with Gasteiger partial charge in [0.15, 0.2) is 0 Å². The Morgan fingerprint density at radius 2 is 1.50 bits per heavy atom. The zero-order chi connectivity index (χ0) is 17.0. The number of alkyl halides is 1. The zero-order valence-electron chi connectivity index (χ0n) is 15.5. The predicted molar refractivity (Wildman–Crippen MR) is 104 cm³/mol. The van der Waals surface area contributed by atoms with Gasteiger partial charge in [-0.05, 0) is 55.6 Å². The number of allylic oxidation sites excluding steroid dienone is 1. The molecule has 0 aromatic heterocycles. The van der Waals surface area contributed by atoms with Gasteiger partial charge in [-0.25, -0.2) is 4.39 Å². The maximum absolute atomic E-state index is 13.2. The summed E-state index contributed by atoms with van der Waals surface area (Å²) in [6.45, 7) is 2.27. The highest BCUT2D eigenvalue weighted by molar-refractivity contribution is 5.49. The Kier molecular flexibility index (Phi) is 9.16. The van der Waals surface area contributed by atoms with Crippen molar-refractivity contribution in [3.05, 3.63) is 41.5 Å². The van der Waals surface area contributed by atoms with Crippen molar-refractivity contribution in [1.29, 1.82) is 0 Å². The van der Waals surface area contributed by atoms with Gasteiger partial charge in [-0.15, -0.1) is 0 Å². The third-order valence-electron chi connectivity index (χ3n) is 5.35. The van der Waals surface area contributed by atoms with Crippen LogP contribution in [-0.4, -0.2) is 6.17 Å². The van der Waals surface area contributed by atoms with Crippen LogP contribution in [0.4, 0.5) is 4.39 Å². The van der Waals surface area contributed by atoms with Gasteiger partial charge in [0, 0.05) is 0 Å². The van der Waals surface area contributed by atoms with E-state index < -0.39 is 6.17 Å². The molecule has 1 aliphatic carbocycles. The van der Waals surface area contributed by atoms with Crippen molar-refractivity contribution in [1.82, 2.24) is 0 Å². The van der Waals surface area contributed by atoms with E-state index in [9.17, 15) is 4.39 Å². The Hall–Kier alpha value is -1.11. The molecule has 0 saturated heterocycles. The van der Waals surface area contributed by atoms with Crippen LogP contribution in [0.1, 0.15) is 101 Å². The molecule has 0 amide bonds. The first-order chi connectivity index (χ1) is 11.8. The van der Waals surface area contributed by atoms with Crippen LogP contribution in [0.25, 0.3) is 6.08 Å². The molecule has 0 nitrogen and oxygen atoms in total. The summed E-state index contributed by atoms with van der Waals surface area (Å²) in [6.07, 6.45) is 18.3. The standard InChI is InChI=1S/C23H35F/c1-2-3-4-5-6-7-8-9-10-11-20-12-14-21(15-13-20)22-16-18-23(24)19-17-22/h10-15,22-23H,2-9,16-19H2,1H3. The van der Waals surface area contributed by atoms with E-state index in [1.54, 1.807) is 0 Å². The van der Waals surface area contributed by atoms with Gasteiger partial charge in [-0.2, -0.15) is 0 Å². The topological polar surface area (TPSA) is 0 Å². The molecule has 0 heterocycles. The number of halogens is 1. The average Bonchev–Trinajstić information content (AvgIpc) is 2.62. The van der Waals surface area contributed by atoms with Gasteiger partial charge in [0.05, 0.1) is 0 Å². The Bertz CT molecular complexity index is 451. The van der Waals surface area contributed by atoms with Gasteiger partial charge >= 0.3 is 0 Å². The second-order valence-electron chi connectivity index (χ2n) is 7.43. The van der Waals surface area contributed by atoms with Crippen LogP contribution in [0.3, 0.4) is 0 Å². The molecule has 2 rings (SSSR count). The number of hydrogen-bond acceptors (Lipinski definition) is 0. The van der Waals surface area contributed by atoms with Crippen LogP contribution in [-0.2, 0) is 0 Å². The van der Waals surface area contributed by atoms with Crippen LogP contribution >= 0.6 is 0 Å². The van der Waals surface area contributed by atoms with Crippen LogP contribution in [0.15, 0.2) is 30.3 Å². The lowest BCUT2D eigenvalue weighted by atomic mass is 9.83. The maximum Gasteiger partial charge on any atom is 0.100 e. The fourth-order valence-electron chi connectivity index (χ4n) is 3.70. The fraction of sp³-hybridized carbons (Fsp3) is 0.652. The highest BCUT2D eigenvalue weighted by Crippen LogP contribution is 2.34. The minimum absolute atomic E-state index is 0.560. The molecule has 0 bridgehead atoms. The molecule has 1 saturated carbocycles. The SMILES string of the molecule is CCCCCCCCCC=Cc1ccc(C2CCC(F)CC2)cc1. The van der Waals surface area contributed by atoms with Crippen molar-refractivity contribution in [2.24, 2.45) is 0 Å². The monoisotopic (exact) mass is 330 g/mol. The molecule has 0 N–H and O–H groups in total. The molecule has 0 aliphatic heterocycles. The molecule has 1 aromatic rings. The van der Waals surface area contributed by atoms with Crippen molar-refractivity contribution >= 4 is 6.08 Å². The number of rotatable bonds is 10. The van der Waals surface area contributed by atoms with E-state index in [0.29, 0.717) is 5.92 Å². The normalized spacial score (nSPS) is 21.4. The third kappa shape index (κ3) is 7.20. The van der Waals surface area contributed by atoms with Crippen molar-refractivity contribution in [2.45, 2.75) is 96.1 Å². The van der Waals surface area contributed by atoms with Crippen LogP contribution in [0, 0.1) is 0 Å². The lowest BCUT2D eigenvalue weighted by molar-refractivity contribution is 0.235. The van der Waals surface area contributed by atoms with Gasteiger partial charge in [0.25, 0.3) is 0 Å². The lowest BCUT2D eigenvalue weighted by Gasteiger charge is -2.24. The summed E-state index contributed by atoms with van der Waals surface area (Å²) in [5.41, 5.74) is 2.69. The summed E-state index contributed by atoms with van der Waals surface area (Å²) in [4.78, 5) is 0. The van der Waals surface area contributed by atoms with Crippen molar-refractivity contribution < 1.29 is 4.39 Å². The summed E-state index contributed by atoms with van der Waals surface area (Å²) >= 11 is 0. The van der Waals surface area contributed by atoms with Crippen molar-refractivity contribution in [3.63, 3.8) is 0 Å². The molecular weight excluding hydrogens is 295 g/mol. The zero-order valence-corrected chi connectivity index (χ0v) is 15.5. The van der Waals surface area contributed by atoms with Crippen molar-refractivity contribution in [3.8, 4) is 0 Å². The van der Waals surface area contributed by atoms with Gasteiger partial charge in [-0.1, -0.05) is 81.9 Å². The molecule has 134 valence electrons. The van der Waals surface area contributed by atoms with Crippen LogP contribution in [0.2, 0.25) is 0 Å². The molecule has 1 heteroatoms. The minimum Gasteiger partial charge on any atom is -0.247 e. The second-order valence-corrected chi connectivity index (χ2v) is 7.43. The predicted octanol–water partition coefficient (Wildman–Crippen LogP) is 7.84. The van der Waals surface area contributed by atoms with E-state index in [1.807, 2.05) is 0 Å². The molecule has 0 unspecified atom stereocenters. The number of benzene rings is 1. The molecule has 0 radical (unpaired) electrons. The largest absolute Gasteiger partial charge is 0.247 e. The van der Waals surface area contributed by atoms with E-state index in [2.05, 4.69) is 43.3 Å². The van der Waals surface area contributed by atoms with Gasteiger partial charge in [0.2, 0.25) is 0 Å². The van der Waals surface area contributed by atoms with Gasteiger partial charge in [-0.3, -0.25) is 0 Å². The van der Waals surface area contributed by atoms with E-state index in [1.165, 1.54) is 62.5 Å². The highest BCUT2D eigenvalue weighted by atomic mass is 19.1. The van der Waals surface area contributed by atoms with E-state index >= 15 is 0 Å². The first kappa shape index (κ1) is 19.2. The second kappa shape index (κ2) is 11.4. The van der Waals surface area contributed by atoms with Gasteiger partial charge < -0.3 is 0 Å². The number of hydrogen-bond donors (Lipinski definition) is 0. The molecule has 0 atom stereocenters. The molecule has 24 heavy (non-hydrogen) atoms. The van der Waals surface area contributed by atoms with Crippen LogP contribution in [0.5, 0.6) is 0 Å². The summed E-state index contributed by atoms with van der Waals surface area (Å²) < 4.78 is 13.2.